The summed E-state index contributed by atoms with van der Waals surface area (Å²) in [5, 5.41) is 8.08. The van der Waals surface area contributed by atoms with Crippen molar-refractivity contribution in [1.82, 2.24) is 15.1 Å². The molecule has 4 heteroatoms. The first-order chi connectivity index (χ1) is 9.01. The molecule has 3 nitrogen and oxygen atoms in total. The van der Waals surface area contributed by atoms with Gasteiger partial charge in [0.25, 0.3) is 0 Å². The van der Waals surface area contributed by atoms with Gasteiger partial charge in [0.05, 0.1) is 15.9 Å². The fourth-order valence-electron chi connectivity index (χ4n) is 2.19. The summed E-state index contributed by atoms with van der Waals surface area (Å²) in [6.07, 6.45) is 3.96. The first kappa shape index (κ1) is 16.4. The molecule has 0 aliphatic carbocycles. The maximum Gasteiger partial charge on any atom is 0.0766 e. The Hall–Kier alpha value is -0.610. The van der Waals surface area contributed by atoms with Crippen molar-refractivity contribution in [2.45, 2.75) is 47.1 Å². The molecule has 1 aromatic rings. The molecule has 1 N–H and O–H groups in total. The second-order valence-electron chi connectivity index (χ2n) is 5.19. The third kappa shape index (κ3) is 3.93. The molecule has 0 amide bonds. The van der Waals surface area contributed by atoms with Gasteiger partial charge in [-0.25, -0.2) is 0 Å². The van der Waals surface area contributed by atoms with Crippen LogP contribution >= 0.6 is 15.9 Å². The van der Waals surface area contributed by atoms with Gasteiger partial charge in [-0.15, -0.1) is 6.58 Å². The van der Waals surface area contributed by atoms with Gasteiger partial charge in [-0.3, -0.25) is 4.68 Å². The molecule has 0 bridgehead atoms. The zero-order chi connectivity index (χ0) is 14.5. The third-order valence-corrected chi connectivity index (χ3v) is 4.45. The molecule has 0 aliphatic heterocycles. The van der Waals surface area contributed by atoms with Crippen molar-refractivity contribution >= 4 is 15.9 Å². The van der Waals surface area contributed by atoms with E-state index in [0.717, 1.165) is 38.2 Å². The predicted molar refractivity (Wildman–Crippen MR) is 85.5 cm³/mol. The van der Waals surface area contributed by atoms with Crippen molar-refractivity contribution in [3.63, 3.8) is 0 Å². The van der Waals surface area contributed by atoms with E-state index < -0.39 is 0 Å². The molecule has 1 aromatic heterocycles. The lowest BCUT2D eigenvalue weighted by atomic mass is 9.85. The van der Waals surface area contributed by atoms with Crippen LogP contribution in [-0.4, -0.2) is 22.9 Å². The summed E-state index contributed by atoms with van der Waals surface area (Å²) in [5.74, 6) is 0. The van der Waals surface area contributed by atoms with Gasteiger partial charge in [0.1, 0.15) is 0 Å². The van der Waals surface area contributed by atoms with Crippen LogP contribution < -0.4 is 5.32 Å². The maximum atomic E-state index is 4.66. The highest BCUT2D eigenvalue weighted by Gasteiger charge is 2.25. The van der Waals surface area contributed by atoms with E-state index >= 15 is 0 Å². The fourth-order valence-corrected chi connectivity index (χ4v) is 2.89. The lowest BCUT2D eigenvalue weighted by Gasteiger charge is -2.26. The van der Waals surface area contributed by atoms with E-state index in [4.69, 9.17) is 0 Å². The molecule has 0 saturated heterocycles. The summed E-state index contributed by atoms with van der Waals surface area (Å²) in [4.78, 5) is 0. The fraction of sp³-hybridized carbons (Fsp3) is 0.667. The van der Waals surface area contributed by atoms with Crippen molar-refractivity contribution in [3.05, 3.63) is 28.5 Å². The van der Waals surface area contributed by atoms with Gasteiger partial charge in [-0.1, -0.05) is 26.8 Å². The Kier molecular flexibility index (Phi) is 6.27. The molecule has 0 fully saturated rings. The average molecular weight is 328 g/mol. The molecule has 1 heterocycles. The van der Waals surface area contributed by atoms with Crippen LogP contribution in [-0.2, 0) is 19.4 Å². The molecule has 108 valence electrons. The lowest BCUT2D eigenvalue weighted by Crippen LogP contribution is -2.32. The number of nitrogens with one attached hydrogen (secondary N) is 1. The molecule has 0 radical (unpaired) electrons. The molecule has 1 unspecified atom stereocenters. The minimum atomic E-state index is 0.0521. The normalized spacial score (nSPS) is 14.4. The van der Waals surface area contributed by atoms with Gasteiger partial charge in [0.15, 0.2) is 0 Å². The monoisotopic (exact) mass is 327 g/mol. The molecular weight excluding hydrogens is 302 g/mol. The minimum absolute atomic E-state index is 0.0521. The highest BCUT2D eigenvalue weighted by atomic mass is 79.9. The van der Waals surface area contributed by atoms with Crippen molar-refractivity contribution in [3.8, 4) is 0 Å². The Labute approximate surface area is 125 Å². The van der Waals surface area contributed by atoms with Crippen LogP contribution in [0.25, 0.3) is 0 Å². The summed E-state index contributed by atoms with van der Waals surface area (Å²) in [7, 11) is 0. The van der Waals surface area contributed by atoms with Crippen LogP contribution in [0.1, 0.15) is 39.1 Å². The summed E-state index contributed by atoms with van der Waals surface area (Å²) in [6.45, 7) is 15.5. The number of nitrogens with zero attached hydrogens (tertiary/aromatic N) is 2. The second kappa shape index (κ2) is 7.25. The Bertz CT molecular complexity index is 425. The molecule has 0 aliphatic rings. The summed E-state index contributed by atoms with van der Waals surface area (Å²) in [6, 6.07) is 0. The molecule has 0 spiro atoms. The van der Waals surface area contributed by atoms with E-state index in [9.17, 15) is 0 Å². The number of hydrogen-bond donors (Lipinski definition) is 1. The van der Waals surface area contributed by atoms with Crippen molar-refractivity contribution < 1.29 is 0 Å². The van der Waals surface area contributed by atoms with E-state index in [1.807, 2.05) is 0 Å². The predicted octanol–water partition coefficient (Wildman–Crippen LogP) is 3.57. The molecule has 19 heavy (non-hydrogen) atoms. The van der Waals surface area contributed by atoms with Crippen LogP contribution in [0.5, 0.6) is 0 Å². The van der Waals surface area contributed by atoms with E-state index in [2.05, 4.69) is 71.4 Å². The molecule has 0 aromatic carbocycles. The Morgan fingerprint density at radius 3 is 2.58 bits per heavy atom. The zero-order valence-corrected chi connectivity index (χ0v) is 14.2. The number of rotatable bonds is 8. The quantitative estimate of drug-likeness (QED) is 0.740. The SMILES string of the molecule is C=CC(C)(CNCC)Cc1c(Br)c(CC)nn1CC. The summed E-state index contributed by atoms with van der Waals surface area (Å²) in [5.41, 5.74) is 2.47. The van der Waals surface area contributed by atoms with Gasteiger partial charge < -0.3 is 5.32 Å². The molecule has 1 atom stereocenters. The molecule has 1 rings (SSSR count). The van der Waals surface area contributed by atoms with Crippen LogP contribution in [0.3, 0.4) is 0 Å². The van der Waals surface area contributed by atoms with Gasteiger partial charge >= 0.3 is 0 Å². The Morgan fingerprint density at radius 1 is 1.42 bits per heavy atom. The highest BCUT2D eigenvalue weighted by molar-refractivity contribution is 9.10. The number of hydrogen-bond acceptors (Lipinski definition) is 2. The van der Waals surface area contributed by atoms with Gasteiger partial charge in [0.2, 0.25) is 0 Å². The van der Waals surface area contributed by atoms with Crippen LogP contribution in [0.2, 0.25) is 0 Å². The van der Waals surface area contributed by atoms with Crippen LogP contribution in [0.15, 0.2) is 17.1 Å². The maximum absolute atomic E-state index is 4.66. The number of aromatic nitrogens is 2. The van der Waals surface area contributed by atoms with Crippen molar-refractivity contribution in [2.75, 3.05) is 13.1 Å². The zero-order valence-electron chi connectivity index (χ0n) is 12.6. The van der Waals surface area contributed by atoms with Crippen molar-refractivity contribution in [2.24, 2.45) is 5.41 Å². The minimum Gasteiger partial charge on any atom is -0.316 e. The van der Waals surface area contributed by atoms with E-state index in [-0.39, 0.29) is 5.41 Å². The summed E-state index contributed by atoms with van der Waals surface area (Å²) < 4.78 is 3.28. The van der Waals surface area contributed by atoms with Crippen LogP contribution in [0, 0.1) is 5.41 Å². The van der Waals surface area contributed by atoms with E-state index in [1.165, 1.54) is 10.2 Å². The second-order valence-corrected chi connectivity index (χ2v) is 5.98. The third-order valence-electron chi connectivity index (χ3n) is 3.54. The highest BCUT2D eigenvalue weighted by Crippen LogP contribution is 2.30. The topological polar surface area (TPSA) is 29.9 Å². The smallest absolute Gasteiger partial charge is 0.0766 e. The molecule has 0 saturated carbocycles. The van der Waals surface area contributed by atoms with E-state index in [1.54, 1.807) is 0 Å². The first-order valence-electron chi connectivity index (χ1n) is 7.09. The number of aryl methyl sites for hydroxylation is 2. The number of halogens is 1. The molecular formula is C15H26BrN3. The summed E-state index contributed by atoms with van der Waals surface area (Å²) >= 11 is 3.72. The van der Waals surface area contributed by atoms with Crippen LogP contribution in [0.4, 0.5) is 0 Å². The average Bonchev–Trinajstić information content (AvgIpc) is 2.73. The Morgan fingerprint density at radius 2 is 2.11 bits per heavy atom. The van der Waals surface area contributed by atoms with Gasteiger partial charge in [0, 0.05) is 24.9 Å². The van der Waals surface area contributed by atoms with E-state index in [0.29, 0.717) is 0 Å². The lowest BCUT2D eigenvalue weighted by molar-refractivity contribution is 0.381. The van der Waals surface area contributed by atoms with Crippen molar-refractivity contribution in [1.29, 1.82) is 0 Å². The van der Waals surface area contributed by atoms with Gasteiger partial charge in [-0.2, -0.15) is 5.10 Å². The van der Waals surface area contributed by atoms with Gasteiger partial charge in [-0.05, 0) is 35.8 Å². The standard InChI is InChI=1S/C15H26BrN3/c1-6-12-14(16)13(19(9-4)18-12)10-15(5,7-2)11-17-8-3/h7,17H,2,6,8-11H2,1,3-5H3. The largest absolute Gasteiger partial charge is 0.316 e. The first-order valence-corrected chi connectivity index (χ1v) is 7.88. The Balaban J connectivity index is 3.02.